The van der Waals surface area contributed by atoms with Crippen molar-refractivity contribution in [3.05, 3.63) is 59.7 Å². The molecule has 0 saturated heterocycles. The summed E-state index contributed by atoms with van der Waals surface area (Å²) in [6.45, 7) is 3.01. The SMILES string of the molecule is NCCNc1cc(N2CCCc3ccc(O)cc3C2)nc2ccccc12. The van der Waals surface area contributed by atoms with E-state index in [4.69, 9.17) is 10.7 Å². The summed E-state index contributed by atoms with van der Waals surface area (Å²) in [7, 11) is 0. The number of nitrogens with zero attached hydrogens (tertiary/aromatic N) is 2. The first-order chi connectivity index (χ1) is 12.7. The van der Waals surface area contributed by atoms with Gasteiger partial charge in [-0.1, -0.05) is 24.3 Å². The number of benzene rings is 2. The maximum absolute atomic E-state index is 9.86. The maximum atomic E-state index is 9.86. The van der Waals surface area contributed by atoms with Gasteiger partial charge in [-0.3, -0.25) is 0 Å². The molecule has 1 aliphatic rings. The molecule has 0 unspecified atom stereocenters. The molecule has 0 fully saturated rings. The number of anilines is 2. The number of aromatic hydroxyl groups is 1. The third-order valence-corrected chi connectivity index (χ3v) is 4.91. The van der Waals surface area contributed by atoms with Crippen LogP contribution in [0.2, 0.25) is 0 Å². The van der Waals surface area contributed by atoms with E-state index in [0.717, 1.165) is 54.9 Å². The van der Waals surface area contributed by atoms with Crippen molar-refractivity contribution < 1.29 is 5.11 Å². The van der Waals surface area contributed by atoms with Crippen LogP contribution in [0.5, 0.6) is 5.75 Å². The molecule has 4 N–H and O–H groups in total. The Labute approximate surface area is 153 Å². The Bertz CT molecular complexity index is 925. The molecule has 0 radical (unpaired) electrons. The Kier molecular flexibility index (Phi) is 4.63. The lowest BCUT2D eigenvalue weighted by Crippen LogP contribution is -2.24. The minimum absolute atomic E-state index is 0.322. The van der Waals surface area contributed by atoms with E-state index in [-0.39, 0.29) is 0 Å². The maximum Gasteiger partial charge on any atom is 0.131 e. The van der Waals surface area contributed by atoms with Crippen molar-refractivity contribution in [3.8, 4) is 5.75 Å². The van der Waals surface area contributed by atoms with Gasteiger partial charge in [-0.05, 0) is 42.2 Å². The van der Waals surface area contributed by atoms with Crippen molar-refractivity contribution in [2.45, 2.75) is 19.4 Å². The zero-order chi connectivity index (χ0) is 17.9. The predicted octanol–water partition coefficient (Wildman–Crippen LogP) is 3.26. The fraction of sp³-hybridized carbons (Fsp3) is 0.286. The molecule has 0 amide bonds. The van der Waals surface area contributed by atoms with Gasteiger partial charge in [0.15, 0.2) is 0 Å². The molecule has 0 bridgehead atoms. The highest BCUT2D eigenvalue weighted by Gasteiger charge is 2.17. The Hall–Kier alpha value is -2.79. The van der Waals surface area contributed by atoms with Gasteiger partial charge < -0.3 is 21.1 Å². The normalized spacial score (nSPS) is 14.1. The quantitative estimate of drug-likeness (QED) is 0.675. The Morgan fingerprint density at radius 2 is 2.00 bits per heavy atom. The standard InChI is InChI=1S/C21H24N4O/c22-9-10-23-20-13-21(24-19-6-2-1-5-18(19)20)25-11-3-4-15-7-8-17(26)12-16(15)14-25/h1-2,5-8,12-13,26H,3-4,9-11,14,22H2,(H,23,24). The number of phenols is 1. The number of para-hydroxylation sites is 1. The average molecular weight is 348 g/mol. The summed E-state index contributed by atoms with van der Waals surface area (Å²) in [5.74, 6) is 1.28. The van der Waals surface area contributed by atoms with Crippen molar-refractivity contribution in [3.63, 3.8) is 0 Å². The minimum Gasteiger partial charge on any atom is -0.508 e. The number of fused-ring (bicyclic) bond motifs is 2. The first kappa shape index (κ1) is 16.7. The van der Waals surface area contributed by atoms with Crippen molar-refractivity contribution in [1.82, 2.24) is 4.98 Å². The number of nitrogens with one attached hydrogen (secondary N) is 1. The number of aryl methyl sites for hydroxylation is 1. The van der Waals surface area contributed by atoms with E-state index in [9.17, 15) is 5.11 Å². The van der Waals surface area contributed by atoms with E-state index < -0.39 is 0 Å². The van der Waals surface area contributed by atoms with Crippen LogP contribution in [0.1, 0.15) is 17.5 Å². The summed E-state index contributed by atoms with van der Waals surface area (Å²) >= 11 is 0. The Morgan fingerprint density at radius 3 is 2.88 bits per heavy atom. The smallest absolute Gasteiger partial charge is 0.131 e. The van der Waals surface area contributed by atoms with E-state index in [1.54, 1.807) is 6.07 Å². The molecule has 0 saturated carbocycles. The van der Waals surface area contributed by atoms with Gasteiger partial charge in [0.2, 0.25) is 0 Å². The summed E-state index contributed by atoms with van der Waals surface area (Å²) in [5, 5.41) is 14.4. The number of phenolic OH excluding ortho intramolecular Hbond substituents is 1. The van der Waals surface area contributed by atoms with Crippen LogP contribution in [0.4, 0.5) is 11.5 Å². The van der Waals surface area contributed by atoms with Crippen LogP contribution in [-0.4, -0.2) is 29.7 Å². The van der Waals surface area contributed by atoms with E-state index in [1.165, 1.54) is 11.1 Å². The molecule has 2 heterocycles. The van der Waals surface area contributed by atoms with Gasteiger partial charge >= 0.3 is 0 Å². The number of hydrogen-bond donors (Lipinski definition) is 3. The van der Waals surface area contributed by atoms with Crippen molar-refractivity contribution in [2.24, 2.45) is 5.73 Å². The van der Waals surface area contributed by atoms with Gasteiger partial charge in [-0.2, -0.15) is 0 Å². The fourth-order valence-electron chi connectivity index (χ4n) is 3.62. The summed E-state index contributed by atoms with van der Waals surface area (Å²) < 4.78 is 0. The number of hydrogen-bond acceptors (Lipinski definition) is 5. The Balaban J connectivity index is 1.73. The third-order valence-electron chi connectivity index (χ3n) is 4.91. The van der Waals surface area contributed by atoms with Crippen molar-refractivity contribution >= 4 is 22.4 Å². The predicted molar refractivity (Wildman–Crippen MR) is 107 cm³/mol. The number of nitrogens with two attached hydrogens (primary N) is 1. The van der Waals surface area contributed by atoms with E-state index in [0.29, 0.717) is 12.3 Å². The number of rotatable bonds is 4. The highest BCUT2D eigenvalue weighted by molar-refractivity contribution is 5.93. The highest BCUT2D eigenvalue weighted by atomic mass is 16.3. The molecule has 0 atom stereocenters. The highest BCUT2D eigenvalue weighted by Crippen LogP contribution is 2.30. The minimum atomic E-state index is 0.322. The number of pyridine rings is 1. The van der Waals surface area contributed by atoms with Gasteiger partial charge in [0.25, 0.3) is 0 Å². The van der Waals surface area contributed by atoms with E-state index >= 15 is 0 Å². The molecule has 0 aliphatic carbocycles. The van der Waals surface area contributed by atoms with Crippen molar-refractivity contribution in [2.75, 3.05) is 29.9 Å². The molecule has 2 aromatic carbocycles. The van der Waals surface area contributed by atoms with Crippen molar-refractivity contribution in [1.29, 1.82) is 0 Å². The lowest BCUT2D eigenvalue weighted by atomic mass is 10.0. The molecule has 134 valence electrons. The lowest BCUT2D eigenvalue weighted by molar-refractivity contribution is 0.474. The van der Waals surface area contributed by atoms with Gasteiger partial charge in [0, 0.05) is 43.3 Å². The van der Waals surface area contributed by atoms with Gasteiger partial charge in [-0.25, -0.2) is 4.98 Å². The molecule has 5 heteroatoms. The van der Waals surface area contributed by atoms with Crippen LogP contribution in [0.3, 0.4) is 0 Å². The molecule has 3 aromatic rings. The fourth-order valence-corrected chi connectivity index (χ4v) is 3.62. The lowest BCUT2D eigenvalue weighted by Gasteiger charge is -2.24. The molecule has 26 heavy (non-hydrogen) atoms. The Morgan fingerprint density at radius 1 is 1.12 bits per heavy atom. The summed E-state index contributed by atoms with van der Waals surface area (Å²) in [6, 6.07) is 16.0. The van der Waals surface area contributed by atoms with Crippen LogP contribution in [-0.2, 0) is 13.0 Å². The monoisotopic (exact) mass is 348 g/mol. The molecular formula is C21H24N4O. The van der Waals surface area contributed by atoms with Crippen LogP contribution in [0.25, 0.3) is 10.9 Å². The molecule has 5 nitrogen and oxygen atoms in total. The first-order valence-corrected chi connectivity index (χ1v) is 9.14. The summed E-state index contributed by atoms with van der Waals surface area (Å²) in [4.78, 5) is 7.19. The van der Waals surface area contributed by atoms with Gasteiger partial charge in [0.05, 0.1) is 5.52 Å². The first-order valence-electron chi connectivity index (χ1n) is 9.14. The van der Waals surface area contributed by atoms with Crippen LogP contribution in [0, 0.1) is 0 Å². The van der Waals surface area contributed by atoms with Crippen LogP contribution in [0.15, 0.2) is 48.5 Å². The van der Waals surface area contributed by atoms with Gasteiger partial charge in [0.1, 0.15) is 11.6 Å². The van der Waals surface area contributed by atoms with E-state index in [2.05, 4.69) is 22.3 Å². The largest absolute Gasteiger partial charge is 0.508 e. The van der Waals surface area contributed by atoms with E-state index in [1.807, 2.05) is 30.3 Å². The van der Waals surface area contributed by atoms with Crippen LogP contribution >= 0.6 is 0 Å². The molecule has 0 spiro atoms. The second-order valence-corrected chi connectivity index (χ2v) is 6.74. The third kappa shape index (κ3) is 3.30. The topological polar surface area (TPSA) is 74.4 Å². The zero-order valence-corrected chi connectivity index (χ0v) is 14.8. The second-order valence-electron chi connectivity index (χ2n) is 6.74. The molecule has 1 aliphatic heterocycles. The average Bonchev–Trinajstić information content (AvgIpc) is 2.87. The summed E-state index contributed by atoms with van der Waals surface area (Å²) in [6.07, 6.45) is 2.09. The molecular weight excluding hydrogens is 324 g/mol. The second kappa shape index (κ2) is 7.22. The van der Waals surface area contributed by atoms with Gasteiger partial charge in [-0.15, -0.1) is 0 Å². The summed E-state index contributed by atoms with van der Waals surface area (Å²) in [5.41, 5.74) is 10.2. The molecule has 4 rings (SSSR count). The zero-order valence-electron chi connectivity index (χ0n) is 14.8. The van der Waals surface area contributed by atoms with Crippen LogP contribution < -0.4 is 16.0 Å². The number of aromatic nitrogens is 1. The molecule has 1 aromatic heterocycles.